The van der Waals surface area contributed by atoms with Gasteiger partial charge in [-0.1, -0.05) is 116 Å². The summed E-state index contributed by atoms with van der Waals surface area (Å²) >= 11 is 0. The Balaban J connectivity index is 1.21. The van der Waals surface area contributed by atoms with Gasteiger partial charge in [0.25, 0.3) is 11.8 Å². The van der Waals surface area contributed by atoms with Gasteiger partial charge in [0.1, 0.15) is 30.7 Å². The van der Waals surface area contributed by atoms with Crippen molar-refractivity contribution in [1.82, 2.24) is 20.6 Å². The minimum atomic E-state index is -1.12. The summed E-state index contributed by atoms with van der Waals surface area (Å²) in [6, 6.07) is 35.7. The third-order valence-corrected chi connectivity index (χ3v) is 9.37. The van der Waals surface area contributed by atoms with Gasteiger partial charge in [0.05, 0.1) is 6.33 Å². The molecule has 0 unspecified atom stereocenters. The largest absolute Gasteiger partial charge is 0.489 e. The second-order valence-electron chi connectivity index (χ2n) is 13.1. The van der Waals surface area contributed by atoms with E-state index >= 15 is 0 Å². The lowest BCUT2D eigenvalue weighted by Gasteiger charge is -2.30. The predicted octanol–water partition coefficient (Wildman–Crippen LogP) is 6.66. The number of aromatic nitrogens is 2. The lowest BCUT2D eigenvalue weighted by Crippen LogP contribution is -2.44. The molecule has 1 aromatic heterocycles. The van der Waals surface area contributed by atoms with Crippen LogP contribution in [-0.4, -0.2) is 46.2 Å². The van der Waals surface area contributed by atoms with Gasteiger partial charge in [-0.15, -0.1) is 0 Å². The van der Waals surface area contributed by atoms with Crippen LogP contribution >= 0.6 is 0 Å². The molecule has 52 heavy (non-hydrogen) atoms. The van der Waals surface area contributed by atoms with Crippen LogP contribution in [0.1, 0.15) is 53.6 Å². The highest BCUT2D eigenvalue weighted by Crippen LogP contribution is 2.40. The molecule has 1 fully saturated rings. The van der Waals surface area contributed by atoms with E-state index in [0.29, 0.717) is 24.6 Å². The molecule has 0 bridgehead atoms. The number of H-pyrrole nitrogens is 1. The minimum Gasteiger partial charge on any atom is -0.489 e. The molecule has 4 aromatic carbocycles. The number of benzene rings is 4. The highest BCUT2D eigenvalue weighted by atomic mass is 16.5. The molecule has 0 saturated heterocycles. The number of nitrogens with zero attached hydrogens (tertiary/aromatic N) is 2. The molecule has 3 N–H and O–H groups in total. The van der Waals surface area contributed by atoms with E-state index in [1.165, 1.54) is 11.9 Å². The molecule has 1 atom stereocenters. The zero-order valence-corrected chi connectivity index (χ0v) is 29.0. The molecule has 5 aromatic rings. The van der Waals surface area contributed by atoms with Crippen LogP contribution in [0, 0.1) is 0 Å². The molecular formula is C42H43N5O5. The Morgan fingerprint density at radius 1 is 0.788 bits per heavy atom. The third kappa shape index (κ3) is 10.0. The summed E-state index contributed by atoms with van der Waals surface area (Å²) in [7, 11) is 0. The highest BCUT2D eigenvalue weighted by Gasteiger charge is 2.36. The number of amides is 3. The zero-order valence-electron chi connectivity index (χ0n) is 29.0. The first kappa shape index (κ1) is 35.8. The average Bonchev–Trinajstić information content (AvgIpc) is 3.90. The topological polar surface area (TPSA) is 135 Å². The highest BCUT2D eigenvalue weighted by molar-refractivity contribution is 6.41. The number of carbonyl (C=O) groups is 3. The van der Waals surface area contributed by atoms with Crippen LogP contribution in [0.25, 0.3) is 0 Å². The number of ether oxygens (including phenoxy) is 2. The summed E-state index contributed by atoms with van der Waals surface area (Å²) < 4.78 is 11.4. The molecule has 1 aliphatic rings. The van der Waals surface area contributed by atoms with Crippen LogP contribution in [0.15, 0.2) is 133 Å². The number of aliphatic imine (C=N–C) groups is 1. The number of carbonyl (C=O) groups excluding carboxylic acids is 3. The van der Waals surface area contributed by atoms with Crippen molar-refractivity contribution in [3.05, 3.63) is 156 Å². The molecule has 3 amide bonds. The zero-order chi connectivity index (χ0) is 36.0. The Morgan fingerprint density at radius 3 is 2.06 bits per heavy atom. The fraction of sp³-hybridized carbons (Fsp3) is 0.262. The second-order valence-corrected chi connectivity index (χ2v) is 13.1. The van der Waals surface area contributed by atoms with Crippen molar-refractivity contribution in [2.45, 2.75) is 63.2 Å². The normalized spacial score (nSPS) is 14.3. The maximum atomic E-state index is 14.0. The number of nitrogens with one attached hydrogen (secondary N) is 3. The Labute approximate surface area is 303 Å². The van der Waals surface area contributed by atoms with E-state index in [9.17, 15) is 14.4 Å². The van der Waals surface area contributed by atoms with Crippen molar-refractivity contribution in [2.75, 3.05) is 6.54 Å². The quantitative estimate of drug-likeness (QED) is 0.105. The summed E-state index contributed by atoms with van der Waals surface area (Å²) in [5.74, 6) is -0.444. The van der Waals surface area contributed by atoms with Crippen molar-refractivity contribution in [2.24, 2.45) is 4.99 Å². The van der Waals surface area contributed by atoms with E-state index < -0.39 is 23.9 Å². The van der Waals surface area contributed by atoms with E-state index in [4.69, 9.17) is 9.47 Å². The van der Waals surface area contributed by atoms with Gasteiger partial charge in [0.15, 0.2) is 0 Å². The lowest BCUT2D eigenvalue weighted by molar-refractivity contribution is -0.120. The number of alkyl carbamates (subject to hydrolysis) is 1. The summed E-state index contributed by atoms with van der Waals surface area (Å²) in [5, 5.41) is 5.79. The van der Waals surface area contributed by atoms with E-state index in [-0.39, 0.29) is 30.6 Å². The van der Waals surface area contributed by atoms with Gasteiger partial charge in [0, 0.05) is 36.7 Å². The van der Waals surface area contributed by atoms with Gasteiger partial charge in [-0.3, -0.25) is 9.59 Å². The van der Waals surface area contributed by atoms with Crippen molar-refractivity contribution < 1.29 is 23.9 Å². The predicted molar refractivity (Wildman–Crippen MR) is 199 cm³/mol. The third-order valence-electron chi connectivity index (χ3n) is 9.37. The molecule has 1 heterocycles. The van der Waals surface area contributed by atoms with E-state index in [0.717, 1.165) is 42.4 Å². The number of rotatable bonds is 15. The molecule has 6 rings (SSSR count). The van der Waals surface area contributed by atoms with E-state index in [1.807, 2.05) is 103 Å². The Kier molecular flexibility index (Phi) is 12.2. The van der Waals surface area contributed by atoms with Crippen molar-refractivity contribution in [1.29, 1.82) is 0 Å². The molecule has 0 radical (unpaired) electrons. The van der Waals surface area contributed by atoms with E-state index in [2.05, 4.69) is 37.7 Å². The number of aromatic amines is 1. The summed E-state index contributed by atoms with van der Waals surface area (Å²) in [6.07, 6.45) is 6.50. The van der Waals surface area contributed by atoms with Crippen LogP contribution in [0.3, 0.4) is 0 Å². The molecule has 1 aliphatic carbocycles. The minimum absolute atomic E-state index is 0.0305. The fourth-order valence-corrected chi connectivity index (χ4v) is 6.51. The fourth-order valence-electron chi connectivity index (χ4n) is 6.51. The molecule has 10 heteroatoms. The maximum Gasteiger partial charge on any atom is 0.408 e. The van der Waals surface area contributed by atoms with E-state index in [1.54, 1.807) is 6.20 Å². The second kappa shape index (κ2) is 17.8. The first-order valence-corrected chi connectivity index (χ1v) is 17.6. The van der Waals surface area contributed by atoms with Gasteiger partial charge in [-0.2, -0.15) is 0 Å². The Morgan fingerprint density at radius 2 is 1.42 bits per heavy atom. The van der Waals surface area contributed by atoms with Crippen LogP contribution in [-0.2, 0) is 45.8 Å². The molecule has 0 aliphatic heterocycles. The van der Waals surface area contributed by atoms with Crippen molar-refractivity contribution in [3.63, 3.8) is 0 Å². The molecule has 10 nitrogen and oxygen atoms in total. The van der Waals surface area contributed by atoms with Crippen molar-refractivity contribution >= 4 is 23.6 Å². The first-order valence-electron chi connectivity index (χ1n) is 17.6. The number of hydrogen-bond donors (Lipinski definition) is 3. The van der Waals surface area contributed by atoms with Gasteiger partial charge >= 0.3 is 6.09 Å². The van der Waals surface area contributed by atoms with Gasteiger partial charge in [-0.25, -0.2) is 14.8 Å². The van der Waals surface area contributed by atoms with Crippen molar-refractivity contribution in [3.8, 4) is 5.75 Å². The molecule has 0 spiro atoms. The Hall–Kier alpha value is -6.03. The number of imidazole rings is 1. The summed E-state index contributed by atoms with van der Waals surface area (Å²) in [4.78, 5) is 52.2. The smallest absolute Gasteiger partial charge is 0.408 e. The van der Waals surface area contributed by atoms with Gasteiger partial charge < -0.3 is 25.1 Å². The SMILES string of the molecule is O=C(N[C@@H](Cc1cnc[nH]1)C(=O)N=C(Cc1ccc(OCc2ccccc2)cc1)C(=O)NCC1(c2ccccc2)CCCC1)OCc1ccccc1. The summed E-state index contributed by atoms with van der Waals surface area (Å²) in [6.45, 7) is 0.866. The maximum absolute atomic E-state index is 14.0. The molecule has 1 saturated carbocycles. The van der Waals surface area contributed by atoms with Crippen LogP contribution in [0.4, 0.5) is 4.79 Å². The first-order chi connectivity index (χ1) is 25.5. The summed E-state index contributed by atoms with van der Waals surface area (Å²) in [5.41, 5.74) is 4.26. The monoisotopic (exact) mass is 697 g/mol. The standard InChI is InChI=1S/C42H43N5O5/c48-39(44-29-42(22-10-11-23-42)34-16-8-3-9-17-34)37(24-31-18-20-36(21-19-31)51-27-32-12-4-1-5-13-32)46-40(49)38(25-35-26-43-30-45-35)47-41(50)52-28-33-14-6-2-7-15-33/h1-9,12-21,26,30,38H,10-11,22-25,27-29H2,(H,43,45)(H,44,48)(H,47,50)/t38-/m0/s1. The number of hydrogen-bond acceptors (Lipinski definition) is 6. The van der Waals surface area contributed by atoms with Crippen LogP contribution in [0.5, 0.6) is 5.75 Å². The molecule has 266 valence electrons. The van der Waals surface area contributed by atoms with Gasteiger partial charge in [-0.05, 0) is 47.2 Å². The lowest BCUT2D eigenvalue weighted by atomic mass is 9.79. The van der Waals surface area contributed by atoms with Crippen LogP contribution < -0.4 is 15.4 Å². The van der Waals surface area contributed by atoms with Crippen LogP contribution in [0.2, 0.25) is 0 Å². The molecular weight excluding hydrogens is 654 g/mol. The Bertz CT molecular complexity index is 1910. The van der Waals surface area contributed by atoms with Gasteiger partial charge in [0.2, 0.25) is 0 Å². The average molecular weight is 698 g/mol.